The number of aromatic nitrogens is 1. The average molecular weight is 348 g/mol. The van der Waals surface area contributed by atoms with Crippen LogP contribution < -0.4 is 4.90 Å². The predicted octanol–water partition coefficient (Wildman–Crippen LogP) is 4.53. The smallest absolute Gasteiger partial charge is 0.246 e. The summed E-state index contributed by atoms with van der Waals surface area (Å²) in [5.74, 6) is 0.0206. The van der Waals surface area contributed by atoms with Gasteiger partial charge in [-0.1, -0.05) is 50.2 Å². The van der Waals surface area contributed by atoms with Crippen molar-refractivity contribution >= 4 is 28.3 Å². The van der Waals surface area contributed by atoms with Crippen molar-refractivity contribution in [2.45, 2.75) is 27.3 Å². The highest BCUT2D eigenvalue weighted by Crippen LogP contribution is 2.24. The van der Waals surface area contributed by atoms with E-state index in [1.165, 1.54) is 0 Å². The van der Waals surface area contributed by atoms with Crippen LogP contribution in [0.2, 0.25) is 0 Å². The molecule has 4 heteroatoms. The third-order valence-electron chi connectivity index (χ3n) is 4.57. The van der Waals surface area contributed by atoms with Gasteiger partial charge in [0.25, 0.3) is 0 Å². The molecule has 3 rings (SSSR count). The van der Waals surface area contributed by atoms with E-state index in [4.69, 9.17) is 0 Å². The predicted molar refractivity (Wildman–Crippen MR) is 106 cm³/mol. The van der Waals surface area contributed by atoms with Crippen LogP contribution in [0, 0.1) is 5.92 Å². The van der Waals surface area contributed by atoms with E-state index < -0.39 is 0 Å². The first kappa shape index (κ1) is 17.9. The number of likely N-dealkylation sites (N-methyl/N-ethyl adjacent to an activating group) is 1. The maximum Gasteiger partial charge on any atom is 0.246 e. The van der Waals surface area contributed by atoms with Crippen LogP contribution in [0.5, 0.6) is 0 Å². The lowest BCUT2D eigenvalue weighted by atomic mass is 10.0. The van der Waals surface area contributed by atoms with Crippen LogP contribution >= 0.6 is 0 Å². The summed E-state index contributed by atoms with van der Waals surface area (Å²) in [4.78, 5) is 27.2. The molecule has 0 radical (unpaired) electrons. The fraction of sp³-hybridized carbons (Fsp3) is 0.273. The van der Waals surface area contributed by atoms with E-state index >= 15 is 0 Å². The fourth-order valence-electron chi connectivity index (χ4n) is 3.23. The Kier molecular flexibility index (Phi) is 5.21. The van der Waals surface area contributed by atoms with Crippen molar-refractivity contribution in [2.24, 2.45) is 5.92 Å². The minimum Gasteiger partial charge on any atom is -0.337 e. The molecular weight excluding hydrogens is 324 g/mol. The molecule has 4 nitrogen and oxygen atoms in total. The van der Waals surface area contributed by atoms with Crippen molar-refractivity contribution in [3.8, 4) is 0 Å². The molecule has 1 aromatic heterocycles. The van der Waals surface area contributed by atoms with E-state index in [1.807, 2.05) is 86.1 Å². The third kappa shape index (κ3) is 3.40. The number of benzene rings is 2. The van der Waals surface area contributed by atoms with E-state index in [1.54, 1.807) is 4.90 Å². The number of rotatable bonds is 6. The number of ketones is 1. The summed E-state index contributed by atoms with van der Waals surface area (Å²) < 4.78 is 1.89. The van der Waals surface area contributed by atoms with Crippen LogP contribution in [0.1, 0.15) is 31.1 Å². The number of fused-ring (bicyclic) bond motifs is 1. The Morgan fingerprint density at radius 1 is 1.00 bits per heavy atom. The van der Waals surface area contributed by atoms with E-state index in [2.05, 4.69) is 0 Å². The third-order valence-corrected chi connectivity index (χ3v) is 4.57. The zero-order valence-electron chi connectivity index (χ0n) is 15.5. The van der Waals surface area contributed by atoms with Gasteiger partial charge in [-0.05, 0) is 25.1 Å². The minimum absolute atomic E-state index is 0.00278. The first-order valence-electron chi connectivity index (χ1n) is 9.00. The van der Waals surface area contributed by atoms with Crippen LogP contribution in [0.4, 0.5) is 5.69 Å². The molecule has 0 aliphatic heterocycles. The Balaban J connectivity index is 1.96. The molecule has 1 heterocycles. The zero-order chi connectivity index (χ0) is 18.7. The average Bonchev–Trinajstić information content (AvgIpc) is 3.01. The highest BCUT2D eigenvalue weighted by Gasteiger charge is 2.20. The Bertz CT molecular complexity index is 926. The topological polar surface area (TPSA) is 42.3 Å². The standard InChI is InChI=1S/C22H24N2O2/c1-4-24(17-10-6-5-7-11-17)21(25)15-23-14-19(22(26)16(2)3)18-12-8-9-13-20(18)23/h5-14,16H,4,15H2,1-3H3. The number of hydrogen-bond donors (Lipinski definition) is 0. The number of nitrogens with zero attached hydrogens (tertiary/aromatic N) is 2. The molecule has 0 aliphatic rings. The summed E-state index contributed by atoms with van der Waals surface area (Å²) in [6, 6.07) is 17.4. The molecule has 3 aromatic rings. The number of carbonyl (C=O) groups is 2. The van der Waals surface area contributed by atoms with Crippen LogP contribution in [0.3, 0.4) is 0 Å². The second-order valence-electron chi connectivity index (χ2n) is 6.68. The molecule has 26 heavy (non-hydrogen) atoms. The summed E-state index contributed by atoms with van der Waals surface area (Å²) in [6.07, 6.45) is 1.82. The molecule has 1 amide bonds. The van der Waals surface area contributed by atoms with E-state index in [-0.39, 0.29) is 24.2 Å². The maximum atomic E-state index is 12.9. The lowest BCUT2D eigenvalue weighted by molar-refractivity contribution is -0.119. The number of amides is 1. The number of hydrogen-bond acceptors (Lipinski definition) is 2. The lowest BCUT2D eigenvalue weighted by Gasteiger charge is -2.21. The number of anilines is 1. The molecule has 0 unspecified atom stereocenters. The first-order chi connectivity index (χ1) is 12.5. The fourth-order valence-corrected chi connectivity index (χ4v) is 3.23. The van der Waals surface area contributed by atoms with Gasteiger partial charge >= 0.3 is 0 Å². The molecule has 0 N–H and O–H groups in total. The van der Waals surface area contributed by atoms with Gasteiger partial charge < -0.3 is 9.47 Å². The van der Waals surface area contributed by atoms with Gasteiger partial charge in [-0.25, -0.2) is 0 Å². The second-order valence-corrected chi connectivity index (χ2v) is 6.68. The molecule has 0 saturated heterocycles. The van der Waals surface area contributed by atoms with Gasteiger partial charge in [0.05, 0.1) is 0 Å². The second kappa shape index (κ2) is 7.56. The van der Waals surface area contributed by atoms with E-state index in [0.717, 1.165) is 16.6 Å². The summed E-state index contributed by atoms with van der Waals surface area (Å²) in [7, 11) is 0. The molecule has 0 fully saturated rings. The van der Waals surface area contributed by atoms with E-state index in [0.29, 0.717) is 12.1 Å². The Morgan fingerprint density at radius 3 is 2.31 bits per heavy atom. The minimum atomic E-state index is -0.0820. The molecule has 0 bridgehead atoms. The summed E-state index contributed by atoms with van der Waals surface area (Å²) >= 11 is 0. The summed E-state index contributed by atoms with van der Waals surface area (Å²) in [5, 5.41) is 0.904. The molecule has 0 spiro atoms. The zero-order valence-corrected chi connectivity index (χ0v) is 15.5. The van der Waals surface area contributed by atoms with Crippen molar-refractivity contribution in [1.82, 2.24) is 4.57 Å². The molecule has 2 aromatic carbocycles. The van der Waals surface area contributed by atoms with Crippen LogP contribution in [0.15, 0.2) is 60.8 Å². The van der Waals surface area contributed by atoms with Gasteiger partial charge in [-0.2, -0.15) is 0 Å². The van der Waals surface area contributed by atoms with Gasteiger partial charge in [0.2, 0.25) is 5.91 Å². The molecular formula is C22H24N2O2. The maximum absolute atomic E-state index is 12.9. The van der Waals surface area contributed by atoms with Gasteiger partial charge in [-0.3, -0.25) is 9.59 Å². The SMILES string of the molecule is CCN(C(=O)Cn1cc(C(=O)C(C)C)c2ccccc21)c1ccccc1. The van der Waals surface area contributed by atoms with Crippen molar-refractivity contribution in [1.29, 1.82) is 0 Å². The Hall–Kier alpha value is -2.88. The number of carbonyl (C=O) groups excluding carboxylic acids is 2. The number of Topliss-reactive ketones (excluding diaryl/α,β-unsaturated/α-hetero) is 1. The normalized spacial score (nSPS) is 11.1. The largest absolute Gasteiger partial charge is 0.337 e. The monoisotopic (exact) mass is 348 g/mol. The number of para-hydroxylation sites is 2. The highest BCUT2D eigenvalue weighted by molar-refractivity contribution is 6.09. The quantitative estimate of drug-likeness (QED) is 0.614. The molecule has 0 saturated carbocycles. The van der Waals surface area contributed by atoms with Crippen molar-refractivity contribution in [3.05, 3.63) is 66.4 Å². The van der Waals surface area contributed by atoms with Gasteiger partial charge in [0, 0.05) is 40.8 Å². The van der Waals surface area contributed by atoms with Crippen molar-refractivity contribution < 1.29 is 9.59 Å². The van der Waals surface area contributed by atoms with E-state index in [9.17, 15) is 9.59 Å². The van der Waals surface area contributed by atoms with Crippen molar-refractivity contribution in [2.75, 3.05) is 11.4 Å². The van der Waals surface area contributed by atoms with Crippen LogP contribution in [-0.2, 0) is 11.3 Å². The Morgan fingerprint density at radius 2 is 1.65 bits per heavy atom. The van der Waals surface area contributed by atoms with Gasteiger partial charge in [0.15, 0.2) is 5.78 Å². The molecule has 0 aliphatic carbocycles. The lowest BCUT2D eigenvalue weighted by Crippen LogP contribution is -2.33. The van der Waals surface area contributed by atoms with Gasteiger partial charge in [-0.15, -0.1) is 0 Å². The van der Waals surface area contributed by atoms with Gasteiger partial charge in [0.1, 0.15) is 6.54 Å². The van der Waals surface area contributed by atoms with Crippen LogP contribution in [-0.4, -0.2) is 22.8 Å². The summed E-state index contributed by atoms with van der Waals surface area (Å²) in [6.45, 7) is 6.56. The highest BCUT2D eigenvalue weighted by atomic mass is 16.2. The van der Waals surface area contributed by atoms with Crippen molar-refractivity contribution in [3.63, 3.8) is 0 Å². The molecule has 134 valence electrons. The summed E-state index contributed by atoms with van der Waals surface area (Å²) in [5.41, 5.74) is 2.48. The van der Waals surface area contributed by atoms with Crippen LogP contribution in [0.25, 0.3) is 10.9 Å². The Labute approximate surface area is 154 Å². The molecule has 0 atom stereocenters. The first-order valence-corrected chi connectivity index (χ1v) is 9.00.